The zero-order valence-corrected chi connectivity index (χ0v) is 15.6. The second-order valence-corrected chi connectivity index (χ2v) is 6.15. The Hall–Kier alpha value is -2.48. The number of nitrogens with zero attached hydrogens (tertiary/aromatic N) is 1. The normalized spacial score (nSPS) is 18.3. The average molecular weight is 366 g/mol. The van der Waals surface area contributed by atoms with E-state index in [0.717, 1.165) is 5.56 Å². The van der Waals surface area contributed by atoms with Crippen molar-refractivity contribution >= 4 is 11.8 Å². The summed E-state index contributed by atoms with van der Waals surface area (Å²) in [7, 11) is 4.65. The van der Waals surface area contributed by atoms with Crippen LogP contribution in [0.3, 0.4) is 0 Å². The van der Waals surface area contributed by atoms with Crippen LogP contribution in [0.1, 0.15) is 18.9 Å². The Morgan fingerprint density at radius 1 is 1.19 bits per heavy atom. The van der Waals surface area contributed by atoms with Gasteiger partial charge in [-0.25, -0.2) is 0 Å². The first-order chi connectivity index (χ1) is 12.4. The van der Waals surface area contributed by atoms with Crippen LogP contribution >= 0.6 is 0 Å². The number of aliphatic hydroxyl groups is 1. The number of hydrogen-bond acceptors (Lipinski definition) is 6. The minimum absolute atomic E-state index is 0.256. The number of carbonyl (C=O) groups is 2. The van der Waals surface area contributed by atoms with Crippen molar-refractivity contribution in [3.8, 4) is 17.2 Å². The first kappa shape index (κ1) is 19.8. The van der Waals surface area contributed by atoms with Gasteiger partial charge in [-0.05, 0) is 37.5 Å². The van der Waals surface area contributed by atoms with Crippen molar-refractivity contribution in [3.05, 3.63) is 17.7 Å². The smallest absolute Gasteiger partial charge is 0.312 e. The minimum Gasteiger partial charge on any atom is -0.493 e. The van der Waals surface area contributed by atoms with E-state index in [2.05, 4.69) is 5.32 Å². The van der Waals surface area contributed by atoms with Gasteiger partial charge in [-0.1, -0.05) is 0 Å². The molecule has 2 atom stereocenters. The molecule has 1 aromatic carbocycles. The van der Waals surface area contributed by atoms with E-state index in [1.54, 1.807) is 28.3 Å². The summed E-state index contributed by atoms with van der Waals surface area (Å²) in [6.45, 7) is 2.24. The molecule has 1 aliphatic heterocycles. The van der Waals surface area contributed by atoms with Crippen LogP contribution in [0.4, 0.5) is 0 Å². The van der Waals surface area contributed by atoms with Crippen molar-refractivity contribution in [2.24, 2.45) is 0 Å². The molecule has 0 radical (unpaired) electrons. The summed E-state index contributed by atoms with van der Waals surface area (Å²) >= 11 is 0. The number of rotatable bonds is 8. The summed E-state index contributed by atoms with van der Waals surface area (Å²) in [5.74, 6) is 0.423. The second-order valence-electron chi connectivity index (χ2n) is 6.15. The molecule has 0 spiro atoms. The van der Waals surface area contributed by atoms with Gasteiger partial charge in [-0.2, -0.15) is 0 Å². The number of benzene rings is 1. The van der Waals surface area contributed by atoms with Crippen LogP contribution in [-0.4, -0.2) is 68.4 Å². The molecule has 1 aliphatic rings. The summed E-state index contributed by atoms with van der Waals surface area (Å²) < 4.78 is 16.0. The molecule has 0 aromatic heterocycles. The SMILES string of the molecule is COc1cc(CCCN2C(=O)C(=O)NC[C@H]2C(C)O)cc(OC)c1OC. The number of methoxy groups -OCH3 is 3. The van der Waals surface area contributed by atoms with E-state index in [4.69, 9.17) is 14.2 Å². The highest BCUT2D eigenvalue weighted by Gasteiger charge is 2.35. The Kier molecular flexibility index (Phi) is 6.68. The molecule has 1 heterocycles. The molecular weight excluding hydrogens is 340 g/mol. The molecule has 0 aliphatic carbocycles. The predicted octanol–water partition coefficient (Wildman–Crippen LogP) is 0.353. The monoisotopic (exact) mass is 366 g/mol. The minimum atomic E-state index is -0.722. The van der Waals surface area contributed by atoms with Crippen molar-refractivity contribution in [3.63, 3.8) is 0 Å². The number of ether oxygens (including phenoxy) is 3. The van der Waals surface area contributed by atoms with E-state index in [0.29, 0.717) is 36.6 Å². The Bertz CT molecular complexity index is 636. The summed E-state index contributed by atoms with van der Waals surface area (Å²) in [6.07, 6.45) is 0.552. The number of piperazine rings is 1. The number of carbonyl (C=O) groups excluding carboxylic acids is 2. The van der Waals surface area contributed by atoms with Crippen LogP contribution in [0.25, 0.3) is 0 Å². The van der Waals surface area contributed by atoms with Crippen LogP contribution in [0.5, 0.6) is 17.2 Å². The molecule has 0 bridgehead atoms. The third-order valence-electron chi connectivity index (χ3n) is 4.47. The molecule has 8 nitrogen and oxygen atoms in total. The first-order valence-electron chi connectivity index (χ1n) is 8.48. The van der Waals surface area contributed by atoms with Crippen molar-refractivity contribution in [2.45, 2.75) is 31.9 Å². The topological polar surface area (TPSA) is 97.3 Å². The van der Waals surface area contributed by atoms with E-state index < -0.39 is 24.0 Å². The summed E-state index contributed by atoms with van der Waals surface area (Å²) in [5, 5.41) is 12.4. The van der Waals surface area contributed by atoms with Crippen LogP contribution < -0.4 is 19.5 Å². The van der Waals surface area contributed by atoms with Gasteiger partial charge < -0.3 is 29.5 Å². The number of hydrogen-bond donors (Lipinski definition) is 2. The number of amides is 2. The van der Waals surface area contributed by atoms with Gasteiger partial charge >= 0.3 is 11.8 Å². The van der Waals surface area contributed by atoms with Crippen LogP contribution in [0.15, 0.2) is 12.1 Å². The van der Waals surface area contributed by atoms with Crippen molar-refractivity contribution in [1.29, 1.82) is 0 Å². The standard InChI is InChI=1S/C18H26N2O6/c1-11(21)13-10-19-17(22)18(23)20(13)7-5-6-12-8-14(24-2)16(26-4)15(9-12)25-3/h8-9,11,13,21H,5-7,10H2,1-4H3,(H,19,22)/t11?,13-/m0/s1. The lowest BCUT2D eigenvalue weighted by molar-refractivity contribution is -0.152. The van der Waals surface area contributed by atoms with Gasteiger partial charge in [0.2, 0.25) is 5.75 Å². The lowest BCUT2D eigenvalue weighted by Crippen LogP contribution is -2.61. The van der Waals surface area contributed by atoms with Gasteiger partial charge in [-0.3, -0.25) is 9.59 Å². The van der Waals surface area contributed by atoms with Crippen molar-refractivity contribution in [1.82, 2.24) is 10.2 Å². The van der Waals surface area contributed by atoms with E-state index in [-0.39, 0.29) is 6.54 Å². The molecule has 2 rings (SSSR count). The van der Waals surface area contributed by atoms with E-state index >= 15 is 0 Å². The first-order valence-corrected chi connectivity index (χ1v) is 8.48. The highest BCUT2D eigenvalue weighted by atomic mass is 16.5. The summed E-state index contributed by atoms with van der Waals surface area (Å²) in [4.78, 5) is 25.2. The fourth-order valence-corrected chi connectivity index (χ4v) is 3.10. The molecule has 2 amide bonds. The highest BCUT2D eigenvalue weighted by Crippen LogP contribution is 2.38. The molecular formula is C18H26N2O6. The van der Waals surface area contributed by atoms with Crippen LogP contribution in [0, 0.1) is 0 Å². The highest BCUT2D eigenvalue weighted by molar-refractivity contribution is 6.35. The van der Waals surface area contributed by atoms with E-state index in [9.17, 15) is 14.7 Å². The van der Waals surface area contributed by atoms with Gasteiger partial charge in [0, 0.05) is 13.1 Å². The van der Waals surface area contributed by atoms with Crippen molar-refractivity contribution < 1.29 is 28.9 Å². The maximum Gasteiger partial charge on any atom is 0.312 e. The fraction of sp³-hybridized carbons (Fsp3) is 0.556. The molecule has 1 aromatic rings. The molecule has 8 heteroatoms. The maximum atomic E-state index is 12.1. The third kappa shape index (κ3) is 4.19. The van der Waals surface area contributed by atoms with Crippen molar-refractivity contribution in [2.75, 3.05) is 34.4 Å². The molecule has 2 N–H and O–H groups in total. The van der Waals surface area contributed by atoms with Crippen LogP contribution in [0.2, 0.25) is 0 Å². The average Bonchev–Trinajstić information content (AvgIpc) is 2.63. The Balaban J connectivity index is 2.08. The lowest BCUT2D eigenvalue weighted by atomic mass is 10.0. The molecule has 26 heavy (non-hydrogen) atoms. The fourth-order valence-electron chi connectivity index (χ4n) is 3.10. The summed E-state index contributed by atoms with van der Waals surface area (Å²) in [6, 6.07) is 3.30. The van der Waals surface area contributed by atoms with E-state index in [1.165, 1.54) is 4.90 Å². The maximum absolute atomic E-state index is 12.1. The molecule has 1 saturated heterocycles. The zero-order valence-electron chi connectivity index (χ0n) is 15.6. The van der Waals surface area contributed by atoms with E-state index in [1.807, 2.05) is 12.1 Å². The van der Waals surface area contributed by atoms with Gasteiger partial charge in [-0.15, -0.1) is 0 Å². The summed E-state index contributed by atoms with van der Waals surface area (Å²) in [5.41, 5.74) is 0.960. The van der Waals surface area contributed by atoms with Gasteiger partial charge in [0.15, 0.2) is 11.5 Å². The number of aliphatic hydroxyl groups excluding tert-OH is 1. The zero-order chi connectivity index (χ0) is 19.3. The number of aryl methyl sites for hydroxylation is 1. The molecule has 1 fully saturated rings. The largest absolute Gasteiger partial charge is 0.493 e. The second kappa shape index (κ2) is 8.75. The van der Waals surface area contributed by atoms with Gasteiger partial charge in [0.05, 0.1) is 33.5 Å². The Morgan fingerprint density at radius 3 is 2.31 bits per heavy atom. The quantitative estimate of drug-likeness (QED) is 0.645. The van der Waals surface area contributed by atoms with Gasteiger partial charge in [0.25, 0.3) is 0 Å². The number of nitrogens with one attached hydrogen (secondary N) is 1. The Labute approximate surface area is 153 Å². The van der Waals surface area contributed by atoms with Gasteiger partial charge in [0.1, 0.15) is 0 Å². The molecule has 144 valence electrons. The predicted molar refractivity (Wildman–Crippen MR) is 94.6 cm³/mol. The Morgan fingerprint density at radius 2 is 1.81 bits per heavy atom. The van der Waals surface area contributed by atoms with Crippen LogP contribution in [-0.2, 0) is 16.0 Å². The molecule has 1 unspecified atom stereocenters. The lowest BCUT2D eigenvalue weighted by Gasteiger charge is -2.36. The third-order valence-corrected chi connectivity index (χ3v) is 4.47. The molecule has 0 saturated carbocycles.